The topological polar surface area (TPSA) is 15.3 Å². The molecule has 0 saturated carbocycles. The van der Waals surface area contributed by atoms with Crippen molar-refractivity contribution in [2.75, 3.05) is 32.7 Å². The molecule has 1 heterocycles. The normalized spacial score (nSPS) is 22.1. The monoisotopic (exact) mass is 268 g/mol. The van der Waals surface area contributed by atoms with Gasteiger partial charge in [0.1, 0.15) is 0 Å². The molecule has 114 valence electrons. The molecule has 0 aliphatic carbocycles. The minimum Gasteiger partial charge on any atom is -0.316 e. The van der Waals surface area contributed by atoms with Gasteiger partial charge < -0.3 is 10.2 Å². The van der Waals surface area contributed by atoms with Gasteiger partial charge in [0.2, 0.25) is 0 Å². The predicted octanol–water partition coefficient (Wildman–Crippen LogP) is 3.77. The van der Waals surface area contributed by atoms with E-state index in [-0.39, 0.29) is 0 Å². The van der Waals surface area contributed by atoms with E-state index in [2.05, 4.69) is 37.9 Å². The largest absolute Gasteiger partial charge is 0.316 e. The number of rotatable bonds is 8. The summed E-state index contributed by atoms with van der Waals surface area (Å²) in [5, 5.41) is 3.54. The van der Waals surface area contributed by atoms with Crippen molar-refractivity contribution in [3.8, 4) is 0 Å². The smallest absolute Gasteiger partial charge is 0.00160 e. The third-order valence-electron chi connectivity index (χ3n) is 4.44. The van der Waals surface area contributed by atoms with Crippen LogP contribution < -0.4 is 5.32 Å². The average molecular weight is 268 g/mol. The van der Waals surface area contributed by atoms with Gasteiger partial charge in [0.25, 0.3) is 0 Å². The van der Waals surface area contributed by atoms with E-state index < -0.39 is 0 Å². The SMILES string of the molecule is CC(C)CNCCCCN1CCCC(C(C)C)CC1. The van der Waals surface area contributed by atoms with Gasteiger partial charge in [-0.15, -0.1) is 0 Å². The second-order valence-electron chi connectivity index (χ2n) is 7.08. The van der Waals surface area contributed by atoms with Gasteiger partial charge in [0.15, 0.2) is 0 Å². The molecule has 0 aromatic carbocycles. The summed E-state index contributed by atoms with van der Waals surface area (Å²) in [6.07, 6.45) is 6.97. The Kier molecular flexibility index (Phi) is 8.72. The van der Waals surface area contributed by atoms with Gasteiger partial charge in [0, 0.05) is 0 Å². The average Bonchev–Trinajstić information content (AvgIpc) is 2.58. The molecule has 1 atom stereocenters. The summed E-state index contributed by atoms with van der Waals surface area (Å²) in [5.74, 6) is 2.62. The molecule has 0 aromatic rings. The number of nitrogens with one attached hydrogen (secondary N) is 1. The van der Waals surface area contributed by atoms with Crippen LogP contribution in [0.15, 0.2) is 0 Å². The van der Waals surface area contributed by atoms with E-state index in [1.54, 1.807) is 0 Å². The highest BCUT2D eigenvalue weighted by molar-refractivity contribution is 4.72. The first-order valence-electron chi connectivity index (χ1n) is 8.52. The highest BCUT2D eigenvalue weighted by Gasteiger charge is 2.18. The van der Waals surface area contributed by atoms with Crippen molar-refractivity contribution in [2.24, 2.45) is 17.8 Å². The van der Waals surface area contributed by atoms with Crippen LogP contribution in [0, 0.1) is 17.8 Å². The second kappa shape index (κ2) is 9.77. The molecule has 1 aliphatic heterocycles. The Morgan fingerprint density at radius 2 is 1.84 bits per heavy atom. The molecule has 19 heavy (non-hydrogen) atoms. The zero-order valence-corrected chi connectivity index (χ0v) is 13.8. The minimum atomic E-state index is 0.776. The fraction of sp³-hybridized carbons (Fsp3) is 1.00. The first-order valence-corrected chi connectivity index (χ1v) is 8.52. The number of likely N-dealkylation sites (tertiary alicyclic amines) is 1. The van der Waals surface area contributed by atoms with Crippen LogP contribution in [0.1, 0.15) is 59.8 Å². The standard InChI is InChI=1S/C17H36N2/c1-15(2)14-18-10-5-6-11-19-12-7-8-17(9-13-19)16(3)4/h15-18H,5-14H2,1-4H3. The van der Waals surface area contributed by atoms with Crippen molar-refractivity contribution in [1.29, 1.82) is 0 Å². The van der Waals surface area contributed by atoms with Crippen LogP contribution in [0.25, 0.3) is 0 Å². The Morgan fingerprint density at radius 1 is 1.05 bits per heavy atom. The van der Waals surface area contributed by atoms with Gasteiger partial charge in [-0.05, 0) is 82.6 Å². The van der Waals surface area contributed by atoms with Crippen molar-refractivity contribution in [2.45, 2.75) is 59.8 Å². The third-order valence-corrected chi connectivity index (χ3v) is 4.44. The molecule has 1 unspecified atom stereocenters. The van der Waals surface area contributed by atoms with Crippen LogP contribution >= 0.6 is 0 Å². The Morgan fingerprint density at radius 3 is 2.53 bits per heavy atom. The highest BCUT2D eigenvalue weighted by Crippen LogP contribution is 2.24. The maximum Gasteiger partial charge on any atom is -0.00160 e. The van der Waals surface area contributed by atoms with Gasteiger partial charge in [-0.2, -0.15) is 0 Å². The lowest BCUT2D eigenvalue weighted by atomic mass is 9.89. The molecule has 0 bridgehead atoms. The van der Waals surface area contributed by atoms with Crippen molar-refractivity contribution >= 4 is 0 Å². The van der Waals surface area contributed by atoms with Crippen LogP contribution in [-0.2, 0) is 0 Å². The van der Waals surface area contributed by atoms with Crippen LogP contribution in [0.2, 0.25) is 0 Å². The Hall–Kier alpha value is -0.0800. The van der Waals surface area contributed by atoms with E-state index in [1.807, 2.05) is 0 Å². The molecule has 1 rings (SSSR count). The van der Waals surface area contributed by atoms with Crippen LogP contribution in [-0.4, -0.2) is 37.6 Å². The maximum atomic E-state index is 3.54. The third kappa shape index (κ3) is 7.94. The van der Waals surface area contributed by atoms with Gasteiger partial charge in [-0.1, -0.05) is 27.7 Å². The number of hydrogen-bond acceptors (Lipinski definition) is 2. The van der Waals surface area contributed by atoms with E-state index in [1.165, 1.54) is 64.8 Å². The molecule has 0 spiro atoms. The molecule has 2 nitrogen and oxygen atoms in total. The summed E-state index contributed by atoms with van der Waals surface area (Å²) in [4.78, 5) is 2.70. The lowest BCUT2D eigenvalue weighted by Crippen LogP contribution is -2.27. The Labute approximate surface area is 121 Å². The number of hydrogen-bond donors (Lipinski definition) is 1. The van der Waals surface area contributed by atoms with E-state index in [4.69, 9.17) is 0 Å². The summed E-state index contributed by atoms with van der Waals surface area (Å²) >= 11 is 0. The van der Waals surface area contributed by atoms with Crippen LogP contribution in [0.4, 0.5) is 0 Å². The Balaban J connectivity index is 2.03. The van der Waals surface area contributed by atoms with Crippen LogP contribution in [0.3, 0.4) is 0 Å². The molecule has 0 aromatic heterocycles. The van der Waals surface area contributed by atoms with Crippen molar-refractivity contribution in [3.05, 3.63) is 0 Å². The van der Waals surface area contributed by atoms with Gasteiger partial charge in [-0.25, -0.2) is 0 Å². The minimum absolute atomic E-state index is 0.776. The van der Waals surface area contributed by atoms with E-state index in [0.717, 1.165) is 17.8 Å². The van der Waals surface area contributed by atoms with Crippen molar-refractivity contribution < 1.29 is 0 Å². The summed E-state index contributed by atoms with van der Waals surface area (Å²) in [7, 11) is 0. The fourth-order valence-electron chi connectivity index (χ4n) is 3.05. The molecule has 1 fully saturated rings. The molecule has 1 saturated heterocycles. The summed E-state index contributed by atoms with van der Waals surface area (Å²) in [5.41, 5.74) is 0. The van der Waals surface area contributed by atoms with Crippen molar-refractivity contribution in [3.63, 3.8) is 0 Å². The fourth-order valence-corrected chi connectivity index (χ4v) is 3.05. The predicted molar refractivity (Wildman–Crippen MR) is 85.6 cm³/mol. The van der Waals surface area contributed by atoms with E-state index >= 15 is 0 Å². The van der Waals surface area contributed by atoms with Crippen molar-refractivity contribution in [1.82, 2.24) is 10.2 Å². The number of unbranched alkanes of at least 4 members (excludes halogenated alkanes) is 1. The molecular weight excluding hydrogens is 232 g/mol. The summed E-state index contributed by atoms with van der Waals surface area (Å²) in [6.45, 7) is 15.7. The molecule has 0 amide bonds. The van der Waals surface area contributed by atoms with Gasteiger partial charge in [-0.3, -0.25) is 0 Å². The number of nitrogens with zero attached hydrogens (tertiary/aromatic N) is 1. The molecule has 1 N–H and O–H groups in total. The molecule has 1 aliphatic rings. The zero-order valence-electron chi connectivity index (χ0n) is 13.8. The second-order valence-corrected chi connectivity index (χ2v) is 7.08. The van der Waals surface area contributed by atoms with E-state index in [9.17, 15) is 0 Å². The first-order chi connectivity index (χ1) is 9.09. The quantitative estimate of drug-likeness (QED) is 0.674. The maximum absolute atomic E-state index is 3.54. The van der Waals surface area contributed by atoms with Crippen LogP contribution in [0.5, 0.6) is 0 Å². The van der Waals surface area contributed by atoms with Gasteiger partial charge in [0.05, 0.1) is 0 Å². The van der Waals surface area contributed by atoms with E-state index in [0.29, 0.717) is 0 Å². The first kappa shape index (κ1) is 17.0. The molecule has 0 radical (unpaired) electrons. The van der Waals surface area contributed by atoms with Gasteiger partial charge >= 0.3 is 0 Å². The lowest BCUT2D eigenvalue weighted by molar-refractivity contribution is 0.266. The summed E-state index contributed by atoms with van der Waals surface area (Å²) in [6, 6.07) is 0. The Bertz CT molecular complexity index is 213. The molecule has 2 heteroatoms. The molecular formula is C17H36N2. The lowest BCUT2D eigenvalue weighted by Gasteiger charge is -2.21. The highest BCUT2D eigenvalue weighted by atomic mass is 15.1. The summed E-state index contributed by atoms with van der Waals surface area (Å²) < 4.78 is 0. The zero-order chi connectivity index (χ0) is 14.1.